The molecule has 31 heteroatoms. The Kier molecular flexibility index (Phi) is 34.1. The topological polar surface area (TPSA) is 519 Å². The minimum Gasteiger partial charge on any atom is -0.479 e. The summed E-state index contributed by atoms with van der Waals surface area (Å²) in [6.07, 6.45) is -3.26. The number of nitrogens with one attached hydrogen (secondary N) is 9. The molecule has 450 valence electrons. The van der Waals surface area contributed by atoms with Crippen LogP contribution in [0.3, 0.4) is 0 Å². The van der Waals surface area contributed by atoms with Crippen molar-refractivity contribution in [3.05, 3.63) is 11.8 Å². The second-order valence-electron chi connectivity index (χ2n) is 18.7. The standard InChI is InChI=1S/C48H83N11O20/c1-4-6-7-8-9-10-11-12-15-31(63)32(64)21-34(66)53-30-24-79-48(78)37(33(65)23-61)58-46(75)38(39(68)47(76)77)59-41(70)26(5-2)54-45(74)36(25(3)62)57-43(72)27(14-13-18-49)55-42(71)29(17-20-60)52-35(67)22-51-40(69)28(16-19-50)56-44(30)73/h5,25,27-33,36-39,60-65,68H,4,6-24,49-50H2,1-3H3,(H,51,69)(H,52,67)(H,53,66)(H,54,74)(H,55,71)(H,56,73)(H,57,72)(H,58,75)(H,59,70)(H,76,77)/b26-5-/t25-,27-,28+,29+,30-,31?,32?,33+,36-,37-,38-,39?/m0/s1. The molecule has 0 aromatic rings. The van der Waals surface area contributed by atoms with Gasteiger partial charge in [-0.15, -0.1) is 0 Å². The lowest BCUT2D eigenvalue weighted by molar-refractivity contribution is -0.156. The van der Waals surface area contributed by atoms with E-state index in [1.807, 2.05) is 10.6 Å². The average molecular weight is 1130 g/mol. The van der Waals surface area contributed by atoms with Gasteiger partial charge in [-0.05, 0) is 59.0 Å². The Bertz CT molecular complexity index is 2050. The van der Waals surface area contributed by atoms with Crippen molar-refractivity contribution in [2.45, 2.75) is 183 Å². The van der Waals surface area contributed by atoms with Crippen molar-refractivity contribution in [2.75, 3.05) is 39.5 Å². The van der Waals surface area contributed by atoms with Crippen LogP contribution in [0.25, 0.3) is 0 Å². The van der Waals surface area contributed by atoms with Crippen LogP contribution in [0.4, 0.5) is 0 Å². The quantitative estimate of drug-likeness (QED) is 0.0229. The van der Waals surface area contributed by atoms with Crippen molar-refractivity contribution in [1.29, 1.82) is 0 Å². The zero-order valence-electron chi connectivity index (χ0n) is 44.8. The number of rotatable bonds is 25. The lowest BCUT2D eigenvalue weighted by Crippen LogP contribution is -2.62. The Morgan fingerprint density at radius 3 is 1.82 bits per heavy atom. The lowest BCUT2D eigenvalue weighted by Gasteiger charge is -2.28. The number of aliphatic carboxylic acids is 1. The Balaban J connectivity index is 3.84. The van der Waals surface area contributed by atoms with Gasteiger partial charge >= 0.3 is 11.9 Å². The van der Waals surface area contributed by atoms with Gasteiger partial charge in [0.25, 0.3) is 5.91 Å². The van der Waals surface area contributed by atoms with Gasteiger partial charge in [0.1, 0.15) is 54.7 Å². The molecule has 1 saturated heterocycles. The van der Waals surface area contributed by atoms with Gasteiger partial charge in [-0.1, -0.05) is 64.4 Å². The molecule has 3 unspecified atom stereocenters. The van der Waals surface area contributed by atoms with E-state index in [2.05, 4.69) is 44.1 Å². The van der Waals surface area contributed by atoms with Crippen LogP contribution in [0, 0.1) is 0 Å². The molecule has 0 spiro atoms. The summed E-state index contributed by atoms with van der Waals surface area (Å²) in [6.45, 7) is -0.154. The molecule has 21 N–H and O–H groups in total. The number of carbonyl (C=O) groups is 11. The number of allylic oxidation sites excluding steroid dienone is 1. The maximum absolute atomic E-state index is 13.9. The number of esters is 1. The molecule has 0 saturated carbocycles. The normalized spacial score (nSPS) is 24.7. The molecule has 79 heavy (non-hydrogen) atoms. The summed E-state index contributed by atoms with van der Waals surface area (Å²) in [5, 5.41) is 102. The molecule has 1 heterocycles. The Morgan fingerprint density at radius 1 is 0.671 bits per heavy atom. The van der Waals surface area contributed by atoms with Crippen LogP contribution in [0.1, 0.15) is 111 Å². The van der Waals surface area contributed by atoms with Gasteiger partial charge in [-0.25, -0.2) is 9.59 Å². The van der Waals surface area contributed by atoms with Crippen LogP contribution in [0.15, 0.2) is 11.8 Å². The highest BCUT2D eigenvalue weighted by Gasteiger charge is 2.40. The van der Waals surface area contributed by atoms with Gasteiger partial charge in [0.15, 0.2) is 12.1 Å². The zero-order valence-corrected chi connectivity index (χ0v) is 44.8. The van der Waals surface area contributed by atoms with Crippen LogP contribution in [-0.4, -0.2) is 218 Å². The third kappa shape index (κ3) is 25.9. The zero-order chi connectivity index (χ0) is 59.8. The van der Waals surface area contributed by atoms with Gasteiger partial charge in [-0.3, -0.25) is 43.2 Å². The largest absolute Gasteiger partial charge is 0.479 e. The van der Waals surface area contributed by atoms with Gasteiger partial charge in [0.2, 0.25) is 47.3 Å². The fraction of sp³-hybridized carbons (Fsp3) is 0.729. The summed E-state index contributed by atoms with van der Waals surface area (Å²) >= 11 is 0. The fourth-order valence-electron chi connectivity index (χ4n) is 7.64. The first kappa shape index (κ1) is 70.6. The monoisotopic (exact) mass is 1130 g/mol. The Labute approximate surface area is 456 Å². The number of unbranched alkanes of at least 4 members (excludes halogenated alkanes) is 7. The van der Waals surface area contributed by atoms with Crippen LogP contribution >= 0.6 is 0 Å². The molecular weight excluding hydrogens is 1050 g/mol. The summed E-state index contributed by atoms with van der Waals surface area (Å²) in [5.74, 6) is -15.1. The van der Waals surface area contributed by atoms with Gasteiger partial charge < -0.3 is 105 Å². The number of amides is 9. The van der Waals surface area contributed by atoms with Crippen molar-refractivity contribution in [3.63, 3.8) is 0 Å². The summed E-state index contributed by atoms with van der Waals surface area (Å²) in [6, 6.07) is -13.7. The molecule has 1 aliphatic rings. The number of carboxylic acid groups (broad SMARTS) is 1. The van der Waals surface area contributed by atoms with Crippen LogP contribution in [0.5, 0.6) is 0 Å². The predicted octanol–water partition coefficient (Wildman–Crippen LogP) is -7.63. The summed E-state index contributed by atoms with van der Waals surface area (Å²) < 4.78 is 5.18. The summed E-state index contributed by atoms with van der Waals surface area (Å²) in [5.41, 5.74) is 10.6. The molecule has 0 aliphatic carbocycles. The van der Waals surface area contributed by atoms with Crippen LogP contribution < -0.4 is 59.3 Å². The molecule has 12 atom stereocenters. The smallest absolute Gasteiger partial charge is 0.335 e. The maximum atomic E-state index is 13.9. The number of hydrogen-bond donors (Lipinski definition) is 19. The van der Waals surface area contributed by atoms with Gasteiger partial charge in [0.05, 0.1) is 37.9 Å². The molecule has 1 aliphatic heterocycles. The van der Waals surface area contributed by atoms with Crippen molar-refractivity contribution in [1.82, 2.24) is 47.9 Å². The first-order chi connectivity index (χ1) is 37.4. The molecule has 1 fully saturated rings. The maximum Gasteiger partial charge on any atom is 0.335 e. The first-order valence-corrected chi connectivity index (χ1v) is 26.2. The molecule has 31 nitrogen and oxygen atoms in total. The van der Waals surface area contributed by atoms with E-state index in [9.17, 15) is 93.6 Å². The number of cyclic esters (lactones) is 1. The number of aliphatic hydroxyl groups is 7. The van der Waals surface area contributed by atoms with Crippen molar-refractivity contribution < 1.29 is 98.3 Å². The highest BCUT2D eigenvalue weighted by Crippen LogP contribution is 2.14. The average Bonchev–Trinajstić information content (AvgIpc) is 3.41. The third-order valence-electron chi connectivity index (χ3n) is 12.3. The molecule has 0 radical (unpaired) electrons. The van der Waals surface area contributed by atoms with E-state index in [0.29, 0.717) is 6.42 Å². The van der Waals surface area contributed by atoms with Crippen LogP contribution in [0.2, 0.25) is 0 Å². The second-order valence-corrected chi connectivity index (χ2v) is 18.7. The number of aliphatic hydroxyl groups excluding tert-OH is 7. The number of hydrogen-bond acceptors (Lipinski definition) is 21. The number of carbonyl (C=O) groups excluding carboxylic acids is 10. The molecular formula is C48H83N11O20. The number of carboxylic acids is 1. The highest BCUT2D eigenvalue weighted by atomic mass is 16.5. The minimum atomic E-state index is -2.85. The van der Waals surface area contributed by atoms with E-state index < -0.39 is 183 Å². The SMILES string of the molecule is C/C=C1\NC(=O)[C@H]([C@H](C)O)NC(=O)[C@H](CCCN)NC(=O)[C@@H](CCO)NC(=O)CNC(=O)[C@@H](CCN)NC(=O)[C@@H](NC(=O)CC(O)C(O)CCCCCCCCCC)COC(=O)[C@H]([C@H](O)CO)NC(=O)[C@H](C(O)C(=O)O)NC1=O. The molecule has 0 aromatic carbocycles. The first-order valence-electron chi connectivity index (χ1n) is 26.2. The Hall–Kier alpha value is -6.45. The number of nitrogens with two attached hydrogens (primary N) is 2. The molecule has 9 amide bonds. The van der Waals surface area contributed by atoms with E-state index in [1.54, 1.807) is 0 Å². The lowest BCUT2D eigenvalue weighted by atomic mass is 10.0. The van der Waals surface area contributed by atoms with Crippen LogP contribution in [-0.2, 0) is 57.5 Å². The van der Waals surface area contributed by atoms with Crippen molar-refractivity contribution in [2.24, 2.45) is 11.5 Å². The van der Waals surface area contributed by atoms with Gasteiger partial charge in [-0.2, -0.15) is 0 Å². The highest BCUT2D eigenvalue weighted by molar-refractivity contribution is 6.03. The fourth-order valence-corrected chi connectivity index (χ4v) is 7.64. The van der Waals surface area contributed by atoms with Gasteiger partial charge in [0, 0.05) is 6.61 Å². The van der Waals surface area contributed by atoms with E-state index in [1.165, 1.54) is 0 Å². The van der Waals surface area contributed by atoms with E-state index in [0.717, 1.165) is 64.9 Å². The van der Waals surface area contributed by atoms with Crippen molar-refractivity contribution in [3.8, 4) is 0 Å². The second kappa shape index (κ2) is 38.2. The van der Waals surface area contributed by atoms with E-state index >= 15 is 0 Å². The molecule has 0 aromatic heterocycles. The number of ether oxygens (including phenoxy) is 1. The molecule has 0 bridgehead atoms. The van der Waals surface area contributed by atoms with E-state index in [4.69, 9.17) is 16.2 Å². The predicted molar refractivity (Wildman–Crippen MR) is 275 cm³/mol. The summed E-state index contributed by atoms with van der Waals surface area (Å²) in [7, 11) is 0. The Morgan fingerprint density at radius 2 is 1.25 bits per heavy atom. The van der Waals surface area contributed by atoms with E-state index in [-0.39, 0.29) is 38.8 Å². The van der Waals surface area contributed by atoms with Crippen molar-refractivity contribution >= 4 is 65.1 Å². The minimum absolute atomic E-state index is 0.0197. The third-order valence-corrected chi connectivity index (χ3v) is 12.3. The summed E-state index contributed by atoms with van der Waals surface area (Å²) in [4.78, 5) is 148. The molecule has 1 rings (SSSR count).